The number of rotatable bonds is 3. The molecule has 1 unspecified atom stereocenters. The molecule has 5 heteroatoms. The summed E-state index contributed by atoms with van der Waals surface area (Å²) in [7, 11) is 0. The zero-order valence-corrected chi connectivity index (χ0v) is 9.51. The maximum absolute atomic E-state index is 9.92. The van der Waals surface area contributed by atoms with Crippen LogP contribution in [0.5, 0.6) is 0 Å². The van der Waals surface area contributed by atoms with E-state index in [1.54, 1.807) is 6.20 Å². The van der Waals surface area contributed by atoms with E-state index in [1.807, 2.05) is 24.3 Å². The van der Waals surface area contributed by atoms with Crippen LogP contribution in [0, 0.1) is 13.8 Å². The Hall–Kier alpha value is -1.46. The number of aromatic nitrogens is 3. The topological polar surface area (TPSA) is 76.4 Å². The standard InChI is InChI=1S/C11H16N4O/c1-7-11(9(16)3-5-12)14-10-4-6-13-8(2)15(7)10/h4,6,9,16H,3,5,12H2,1-2H3. The lowest BCUT2D eigenvalue weighted by atomic mass is 10.1. The molecule has 2 heterocycles. The minimum atomic E-state index is -0.593. The lowest BCUT2D eigenvalue weighted by Crippen LogP contribution is -2.08. The highest BCUT2D eigenvalue weighted by molar-refractivity contribution is 5.43. The predicted molar refractivity (Wildman–Crippen MR) is 61.1 cm³/mol. The molecule has 0 bridgehead atoms. The zero-order valence-electron chi connectivity index (χ0n) is 9.51. The molecule has 1 atom stereocenters. The Kier molecular flexibility index (Phi) is 2.89. The van der Waals surface area contributed by atoms with E-state index >= 15 is 0 Å². The molecule has 2 aromatic rings. The summed E-state index contributed by atoms with van der Waals surface area (Å²) in [6.45, 7) is 4.30. The molecule has 0 aromatic carbocycles. The van der Waals surface area contributed by atoms with Crippen LogP contribution < -0.4 is 5.73 Å². The third-order valence-electron chi connectivity index (χ3n) is 2.73. The molecule has 2 aromatic heterocycles. The first-order chi connectivity index (χ1) is 7.65. The van der Waals surface area contributed by atoms with Gasteiger partial charge in [0.2, 0.25) is 0 Å². The molecular weight excluding hydrogens is 204 g/mol. The van der Waals surface area contributed by atoms with E-state index in [0.29, 0.717) is 18.7 Å². The first kappa shape index (κ1) is 11.0. The van der Waals surface area contributed by atoms with Gasteiger partial charge in [0.1, 0.15) is 11.5 Å². The van der Waals surface area contributed by atoms with Crippen molar-refractivity contribution in [3.8, 4) is 0 Å². The Morgan fingerprint density at radius 2 is 2.25 bits per heavy atom. The van der Waals surface area contributed by atoms with Gasteiger partial charge in [-0.05, 0) is 32.9 Å². The van der Waals surface area contributed by atoms with Gasteiger partial charge in [-0.2, -0.15) is 0 Å². The maximum Gasteiger partial charge on any atom is 0.140 e. The largest absolute Gasteiger partial charge is 0.387 e. The van der Waals surface area contributed by atoms with Crippen LogP contribution in [0.3, 0.4) is 0 Å². The molecule has 0 spiro atoms. The highest BCUT2D eigenvalue weighted by atomic mass is 16.3. The van der Waals surface area contributed by atoms with Crippen LogP contribution in [0.4, 0.5) is 0 Å². The summed E-state index contributed by atoms with van der Waals surface area (Å²) in [5, 5.41) is 9.92. The van der Waals surface area contributed by atoms with Crippen molar-refractivity contribution >= 4 is 5.65 Å². The van der Waals surface area contributed by atoms with E-state index in [4.69, 9.17) is 5.73 Å². The number of aliphatic hydroxyl groups is 1. The third-order valence-corrected chi connectivity index (χ3v) is 2.73. The number of fused-ring (bicyclic) bond motifs is 1. The summed E-state index contributed by atoms with van der Waals surface area (Å²) in [6.07, 6.45) is 1.65. The molecule has 0 aliphatic rings. The fourth-order valence-electron chi connectivity index (χ4n) is 1.94. The van der Waals surface area contributed by atoms with Crippen molar-refractivity contribution in [2.75, 3.05) is 6.54 Å². The van der Waals surface area contributed by atoms with Crippen molar-refractivity contribution in [1.82, 2.24) is 14.4 Å². The normalized spacial score (nSPS) is 13.2. The lowest BCUT2D eigenvalue weighted by Gasteiger charge is -2.07. The fraction of sp³-hybridized carbons (Fsp3) is 0.455. The number of imidazole rings is 1. The van der Waals surface area contributed by atoms with Gasteiger partial charge in [-0.15, -0.1) is 0 Å². The van der Waals surface area contributed by atoms with Gasteiger partial charge in [0.25, 0.3) is 0 Å². The summed E-state index contributed by atoms with van der Waals surface area (Å²) >= 11 is 0. The number of nitrogens with two attached hydrogens (primary N) is 1. The first-order valence-corrected chi connectivity index (χ1v) is 5.34. The molecule has 16 heavy (non-hydrogen) atoms. The number of nitrogens with zero attached hydrogens (tertiary/aromatic N) is 3. The predicted octanol–water partition coefficient (Wildman–Crippen LogP) is 0.728. The van der Waals surface area contributed by atoms with Gasteiger partial charge in [0.15, 0.2) is 0 Å². The van der Waals surface area contributed by atoms with Crippen molar-refractivity contribution < 1.29 is 5.11 Å². The van der Waals surface area contributed by atoms with Crippen LogP contribution in [-0.2, 0) is 0 Å². The van der Waals surface area contributed by atoms with Crippen molar-refractivity contribution in [3.05, 3.63) is 29.5 Å². The Morgan fingerprint density at radius 1 is 1.50 bits per heavy atom. The Balaban J connectivity index is 2.56. The maximum atomic E-state index is 9.92. The van der Waals surface area contributed by atoms with E-state index in [-0.39, 0.29) is 0 Å². The average Bonchev–Trinajstić information content (AvgIpc) is 2.58. The minimum Gasteiger partial charge on any atom is -0.387 e. The van der Waals surface area contributed by atoms with Crippen molar-refractivity contribution in [2.24, 2.45) is 5.73 Å². The fourth-order valence-corrected chi connectivity index (χ4v) is 1.94. The van der Waals surface area contributed by atoms with Gasteiger partial charge in [0.05, 0.1) is 11.8 Å². The number of hydrogen-bond acceptors (Lipinski definition) is 4. The molecular formula is C11H16N4O. The van der Waals surface area contributed by atoms with Crippen molar-refractivity contribution in [2.45, 2.75) is 26.4 Å². The molecule has 86 valence electrons. The second-order valence-electron chi connectivity index (χ2n) is 3.86. The Labute approximate surface area is 93.9 Å². The van der Waals surface area contributed by atoms with Crippen LogP contribution in [0.2, 0.25) is 0 Å². The van der Waals surface area contributed by atoms with E-state index in [0.717, 1.165) is 17.2 Å². The summed E-state index contributed by atoms with van der Waals surface area (Å²) in [5.74, 6) is 0.869. The average molecular weight is 220 g/mol. The molecule has 5 nitrogen and oxygen atoms in total. The van der Waals surface area contributed by atoms with Gasteiger partial charge in [-0.3, -0.25) is 4.40 Å². The van der Waals surface area contributed by atoms with Gasteiger partial charge in [-0.25, -0.2) is 9.97 Å². The van der Waals surface area contributed by atoms with Crippen molar-refractivity contribution in [3.63, 3.8) is 0 Å². The number of hydrogen-bond donors (Lipinski definition) is 2. The SMILES string of the molecule is Cc1nccc2nc(C(O)CCN)c(C)n12. The second kappa shape index (κ2) is 4.19. The molecule has 0 radical (unpaired) electrons. The second-order valence-corrected chi connectivity index (χ2v) is 3.86. The smallest absolute Gasteiger partial charge is 0.140 e. The quantitative estimate of drug-likeness (QED) is 0.799. The van der Waals surface area contributed by atoms with Crippen LogP contribution in [0.1, 0.15) is 29.7 Å². The van der Waals surface area contributed by atoms with E-state index in [2.05, 4.69) is 9.97 Å². The van der Waals surface area contributed by atoms with E-state index < -0.39 is 6.10 Å². The summed E-state index contributed by atoms with van der Waals surface area (Å²) in [5.41, 5.74) is 7.88. The lowest BCUT2D eigenvalue weighted by molar-refractivity contribution is 0.165. The van der Waals surface area contributed by atoms with Crippen LogP contribution in [-0.4, -0.2) is 26.0 Å². The third kappa shape index (κ3) is 1.68. The van der Waals surface area contributed by atoms with Gasteiger partial charge in [-0.1, -0.05) is 0 Å². The molecule has 0 saturated carbocycles. The minimum absolute atomic E-state index is 0.450. The Bertz CT molecular complexity index is 506. The molecule has 3 N–H and O–H groups in total. The summed E-state index contributed by atoms with van der Waals surface area (Å²) in [6, 6.07) is 1.83. The Morgan fingerprint density at radius 3 is 2.88 bits per heavy atom. The highest BCUT2D eigenvalue weighted by Gasteiger charge is 2.16. The van der Waals surface area contributed by atoms with E-state index in [9.17, 15) is 5.11 Å². The molecule has 0 saturated heterocycles. The van der Waals surface area contributed by atoms with Gasteiger partial charge >= 0.3 is 0 Å². The molecule has 2 rings (SSSR count). The molecule has 0 aliphatic carbocycles. The van der Waals surface area contributed by atoms with Gasteiger partial charge in [0, 0.05) is 11.9 Å². The van der Waals surface area contributed by atoms with Crippen LogP contribution >= 0.6 is 0 Å². The molecule has 0 aliphatic heterocycles. The monoisotopic (exact) mass is 220 g/mol. The highest BCUT2D eigenvalue weighted by Crippen LogP contribution is 2.21. The van der Waals surface area contributed by atoms with Crippen LogP contribution in [0.15, 0.2) is 12.3 Å². The van der Waals surface area contributed by atoms with Gasteiger partial charge < -0.3 is 10.8 Å². The summed E-state index contributed by atoms with van der Waals surface area (Å²) in [4.78, 5) is 8.61. The number of aliphatic hydroxyl groups excluding tert-OH is 1. The van der Waals surface area contributed by atoms with Crippen molar-refractivity contribution in [1.29, 1.82) is 0 Å². The zero-order chi connectivity index (χ0) is 11.7. The van der Waals surface area contributed by atoms with Crippen LogP contribution in [0.25, 0.3) is 5.65 Å². The van der Waals surface area contributed by atoms with E-state index in [1.165, 1.54) is 0 Å². The molecule has 0 fully saturated rings. The number of aryl methyl sites for hydroxylation is 2. The summed E-state index contributed by atoms with van der Waals surface area (Å²) < 4.78 is 1.94. The first-order valence-electron chi connectivity index (χ1n) is 5.34. The molecule has 0 amide bonds.